The summed E-state index contributed by atoms with van der Waals surface area (Å²) in [4.78, 5) is 0. The van der Waals surface area contributed by atoms with Crippen LogP contribution >= 0.6 is 11.6 Å². The molecule has 0 radical (unpaired) electrons. The van der Waals surface area contributed by atoms with E-state index in [4.69, 9.17) is 16.3 Å². The Morgan fingerprint density at radius 3 is 2.61 bits per heavy atom. The zero-order valence-electron chi connectivity index (χ0n) is 11.5. The van der Waals surface area contributed by atoms with Crippen molar-refractivity contribution in [2.24, 2.45) is 11.8 Å². The summed E-state index contributed by atoms with van der Waals surface area (Å²) in [5, 5.41) is 3.63. The van der Waals surface area contributed by atoms with Gasteiger partial charge in [0.05, 0.1) is 6.10 Å². The molecule has 1 aliphatic carbocycles. The molecule has 0 aromatic rings. The normalized spacial score (nSPS) is 32.8. The van der Waals surface area contributed by atoms with Gasteiger partial charge < -0.3 is 10.1 Å². The molecule has 1 saturated heterocycles. The van der Waals surface area contributed by atoms with Crippen molar-refractivity contribution in [2.75, 3.05) is 25.6 Å². The first-order valence-corrected chi connectivity index (χ1v) is 8.32. The van der Waals surface area contributed by atoms with Gasteiger partial charge in [-0.1, -0.05) is 12.8 Å². The molecule has 0 aromatic heterocycles. The van der Waals surface area contributed by atoms with Gasteiger partial charge in [0.1, 0.15) is 0 Å². The van der Waals surface area contributed by atoms with Gasteiger partial charge in [0.15, 0.2) is 0 Å². The molecule has 0 bridgehead atoms. The molecule has 2 nitrogen and oxygen atoms in total. The maximum absolute atomic E-state index is 6.06. The first kappa shape index (κ1) is 14.6. The van der Waals surface area contributed by atoms with Gasteiger partial charge in [0, 0.05) is 12.5 Å². The number of hydrogen-bond acceptors (Lipinski definition) is 2. The molecule has 1 saturated carbocycles. The van der Waals surface area contributed by atoms with E-state index in [0.717, 1.165) is 30.9 Å². The number of alkyl halides is 1. The lowest BCUT2D eigenvalue weighted by atomic mass is 9.80. The monoisotopic (exact) mass is 273 g/mol. The van der Waals surface area contributed by atoms with Gasteiger partial charge in [-0.25, -0.2) is 0 Å². The fourth-order valence-electron chi connectivity index (χ4n) is 3.37. The van der Waals surface area contributed by atoms with E-state index in [1.807, 2.05) is 0 Å². The van der Waals surface area contributed by atoms with E-state index >= 15 is 0 Å². The summed E-state index contributed by atoms with van der Waals surface area (Å²) in [6.45, 7) is 3.30. The minimum atomic E-state index is 0.553. The Morgan fingerprint density at radius 2 is 1.89 bits per heavy atom. The minimum Gasteiger partial charge on any atom is -0.378 e. The SMILES string of the molecule is ClCC1CCCCC1CNCCCC1CCCO1. The van der Waals surface area contributed by atoms with Crippen LogP contribution in [-0.2, 0) is 4.74 Å². The quantitative estimate of drug-likeness (QED) is 0.565. The number of rotatable bonds is 7. The zero-order chi connectivity index (χ0) is 12.6. The molecule has 2 rings (SSSR count). The molecule has 2 aliphatic rings. The van der Waals surface area contributed by atoms with Crippen LogP contribution in [0.4, 0.5) is 0 Å². The van der Waals surface area contributed by atoms with Crippen LogP contribution in [0.25, 0.3) is 0 Å². The number of hydrogen-bond donors (Lipinski definition) is 1. The molecule has 1 N–H and O–H groups in total. The molecule has 0 spiro atoms. The van der Waals surface area contributed by atoms with Crippen LogP contribution in [0, 0.1) is 11.8 Å². The summed E-state index contributed by atoms with van der Waals surface area (Å²) < 4.78 is 5.64. The van der Waals surface area contributed by atoms with Crippen molar-refractivity contribution in [3.8, 4) is 0 Å². The van der Waals surface area contributed by atoms with E-state index in [0.29, 0.717) is 6.10 Å². The fourth-order valence-corrected chi connectivity index (χ4v) is 3.78. The number of nitrogens with one attached hydrogen (secondary N) is 1. The maximum atomic E-state index is 6.06. The zero-order valence-corrected chi connectivity index (χ0v) is 12.3. The molecule has 18 heavy (non-hydrogen) atoms. The Bertz CT molecular complexity index is 219. The number of ether oxygens (including phenoxy) is 1. The lowest BCUT2D eigenvalue weighted by Crippen LogP contribution is -2.32. The molecular formula is C15H28ClNO. The van der Waals surface area contributed by atoms with Crippen LogP contribution in [0.5, 0.6) is 0 Å². The molecule has 1 heterocycles. The average molecular weight is 274 g/mol. The third-order valence-corrected chi connectivity index (χ3v) is 4.97. The summed E-state index contributed by atoms with van der Waals surface area (Å²) in [6.07, 6.45) is 11.1. The minimum absolute atomic E-state index is 0.553. The van der Waals surface area contributed by atoms with Gasteiger partial charge in [0.25, 0.3) is 0 Å². The Balaban J connectivity index is 1.51. The van der Waals surface area contributed by atoms with E-state index in [1.54, 1.807) is 0 Å². The van der Waals surface area contributed by atoms with E-state index in [-0.39, 0.29) is 0 Å². The van der Waals surface area contributed by atoms with Crippen LogP contribution in [0.3, 0.4) is 0 Å². The van der Waals surface area contributed by atoms with E-state index < -0.39 is 0 Å². The molecule has 3 atom stereocenters. The third-order valence-electron chi connectivity index (χ3n) is 4.57. The highest BCUT2D eigenvalue weighted by molar-refractivity contribution is 6.18. The van der Waals surface area contributed by atoms with Gasteiger partial charge in [0.2, 0.25) is 0 Å². The Morgan fingerprint density at radius 1 is 1.06 bits per heavy atom. The van der Waals surface area contributed by atoms with Crippen molar-refractivity contribution < 1.29 is 4.74 Å². The second-order valence-electron chi connectivity index (χ2n) is 5.94. The highest BCUT2D eigenvalue weighted by Gasteiger charge is 2.23. The van der Waals surface area contributed by atoms with Crippen molar-refractivity contribution >= 4 is 11.6 Å². The second kappa shape index (κ2) is 8.39. The Labute approximate surface area is 117 Å². The number of halogens is 1. The second-order valence-corrected chi connectivity index (χ2v) is 6.25. The van der Waals surface area contributed by atoms with Crippen molar-refractivity contribution in [1.82, 2.24) is 5.32 Å². The fraction of sp³-hybridized carbons (Fsp3) is 1.00. The largest absolute Gasteiger partial charge is 0.378 e. The summed E-state index contributed by atoms with van der Waals surface area (Å²) >= 11 is 6.06. The van der Waals surface area contributed by atoms with Gasteiger partial charge in [-0.15, -0.1) is 11.6 Å². The average Bonchev–Trinajstić information content (AvgIpc) is 2.92. The third kappa shape index (κ3) is 4.71. The summed E-state index contributed by atoms with van der Waals surface area (Å²) in [6, 6.07) is 0. The van der Waals surface area contributed by atoms with Gasteiger partial charge in [-0.2, -0.15) is 0 Å². The highest BCUT2D eigenvalue weighted by atomic mass is 35.5. The standard InChI is InChI=1S/C15H28ClNO/c16-11-13-5-1-2-6-14(13)12-17-9-3-7-15-8-4-10-18-15/h13-15,17H,1-12H2. The summed E-state index contributed by atoms with van der Waals surface area (Å²) in [5.74, 6) is 2.42. The smallest absolute Gasteiger partial charge is 0.0576 e. The highest BCUT2D eigenvalue weighted by Crippen LogP contribution is 2.30. The molecule has 1 aliphatic heterocycles. The van der Waals surface area contributed by atoms with Crippen molar-refractivity contribution in [3.05, 3.63) is 0 Å². The molecule has 3 heteroatoms. The predicted octanol–water partition coefficient (Wildman–Crippen LogP) is 3.58. The first-order chi connectivity index (χ1) is 8.90. The van der Waals surface area contributed by atoms with Crippen LogP contribution in [0.1, 0.15) is 51.4 Å². The Kier molecular flexibility index (Phi) is 6.82. The molecule has 3 unspecified atom stereocenters. The molecule has 2 fully saturated rings. The van der Waals surface area contributed by atoms with Crippen LogP contribution in [0.2, 0.25) is 0 Å². The van der Waals surface area contributed by atoms with Gasteiger partial charge >= 0.3 is 0 Å². The molecule has 0 amide bonds. The van der Waals surface area contributed by atoms with E-state index in [2.05, 4.69) is 5.32 Å². The summed E-state index contributed by atoms with van der Waals surface area (Å²) in [5.41, 5.74) is 0. The lowest BCUT2D eigenvalue weighted by Gasteiger charge is -2.30. The van der Waals surface area contributed by atoms with Gasteiger partial charge in [-0.3, -0.25) is 0 Å². The predicted molar refractivity (Wildman–Crippen MR) is 77.2 cm³/mol. The molecular weight excluding hydrogens is 246 g/mol. The van der Waals surface area contributed by atoms with E-state index in [1.165, 1.54) is 57.9 Å². The first-order valence-electron chi connectivity index (χ1n) is 7.78. The summed E-state index contributed by atoms with van der Waals surface area (Å²) in [7, 11) is 0. The molecule has 106 valence electrons. The lowest BCUT2D eigenvalue weighted by molar-refractivity contribution is 0.102. The topological polar surface area (TPSA) is 21.3 Å². The van der Waals surface area contributed by atoms with Crippen molar-refractivity contribution in [1.29, 1.82) is 0 Å². The van der Waals surface area contributed by atoms with Crippen LogP contribution in [-0.4, -0.2) is 31.7 Å². The van der Waals surface area contributed by atoms with Crippen molar-refractivity contribution in [2.45, 2.75) is 57.5 Å². The Hall–Kier alpha value is 0.210. The van der Waals surface area contributed by atoms with Gasteiger partial charge in [-0.05, 0) is 63.5 Å². The van der Waals surface area contributed by atoms with Crippen LogP contribution < -0.4 is 5.32 Å². The van der Waals surface area contributed by atoms with E-state index in [9.17, 15) is 0 Å². The maximum Gasteiger partial charge on any atom is 0.0576 e. The van der Waals surface area contributed by atoms with Crippen LogP contribution in [0.15, 0.2) is 0 Å². The molecule has 0 aromatic carbocycles. The van der Waals surface area contributed by atoms with Crippen molar-refractivity contribution in [3.63, 3.8) is 0 Å².